The third-order valence-corrected chi connectivity index (χ3v) is 5.19. The third kappa shape index (κ3) is 4.30. The summed E-state index contributed by atoms with van der Waals surface area (Å²) in [5.74, 6) is 0. The number of morpholine rings is 1. The molecule has 3 nitrogen and oxygen atoms in total. The second kappa shape index (κ2) is 7.40. The minimum atomic E-state index is 0.833. The van der Waals surface area contributed by atoms with Crippen molar-refractivity contribution in [1.82, 2.24) is 5.32 Å². The van der Waals surface area contributed by atoms with Crippen molar-refractivity contribution in [2.75, 3.05) is 31.2 Å². The van der Waals surface area contributed by atoms with Crippen molar-refractivity contribution in [3.63, 3.8) is 0 Å². The number of benzene rings is 1. The Morgan fingerprint density at radius 1 is 1.05 bits per heavy atom. The van der Waals surface area contributed by atoms with Crippen molar-refractivity contribution >= 4 is 33.0 Å². The zero-order chi connectivity index (χ0) is 14.5. The minimum Gasteiger partial charge on any atom is -0.378 e. The fourth-order valence-electron chi connectivity index (χ4n) is 2.42. The van der Waals surface area contributed by atoms with Crippen LogP contribution in [-0.2, 0) is 17.8 Å². The Hall–Kier alpha value is -0.880. The fourth-order valence-corrected chi connectivity index (χ4v) is 3.88. The van der Waals surface area contributed by atoms with Gasteiger partial charge >= 0.3 is 0 Å². The molecule has 0 aliphatic carbocycles. The largest absolute Gasteiger partial charge is 0.378 e. The van der Waals surface area contributed by atoms with E-state index in [1.54, 1.807) is 11.3 Å². The second-order valence-electron chi connectivity index (χ2n) is 5.08. The number of rotatable bonds is 5. The quantitative estimate of drug-likeness (QED) is 0.873. The maximum absolute atomic E-state index is 5.39. The predicted molar refractivity (Wildman–Crippen MR) is 92.0 cm³/mol. The summed E-state index contributed by atoms with van der Waals surface area (Å²) in [7, 11) is 0. The van der Waals surface area contributed by atoms with Crippen molar-refractivity contribution in [3.8, 4) is 0 Å². The number of halogens is 1. The van der Waals surface area contributed by atoms with Crippen LogP contribution in [0.4, 0.5) is 5.69 Å². The monoisotopic (exact) mass is 366 g/mol. The van der Waals surface area contributed by atoms with E-state index in [0.717, 1.165) is 39.4 Å². The lowest BCUT2D eigenvalue weighted by Gasteiger charge is -2.28. The highest BCUT2D eigenvalue weighted by molar-refractivity contribution is 9.11. The molecule has 1 fully saturated rings. The summed E-state index contributed by atoms with van der Waals surface area (Å²) in [6, 6.07) is 13.1. The summed E-state index contributed by atoms with van der Waals surface area (Å²) in [4.78, 5) is 3.73. The molecule has 1 saturated heterocycles. The van der Waals surface area contributed by atoms with Gasteiger partial charge in [0.1, 0.15) is 0 Å². The number of hydrogen-bond donors (Lipinski definition) is 1. The summed E-state index contributed by atoms with van der Waals surface area (Å²) < 4.78 is 6.58. The molecule has 1 aliphatic rings. The molecule has 0 spiro atoms. The lowest BCUT2D eigenvalue weighted by atomic mass is 10.2. The van der Waals surface area contributed by atoms with Gasteiger partial charge in [-0.05, 0) is 45.8 Å². The molecule has 1 N–H and O–H groups in total. The van der Waals surface area contributed by atoms with Crippen LogP contribution >= 0.6 is 27.3 Å². The molecular weight excluding hydrogens is 348 g/mol. The molecule has 0 amide bonds. The van der Waals surface area contributed by atoms with E-state index in [1.165, 1.54) is 19.9 Å². The number of ether oxygens (including phenoxy) is 1. The van der Waals surface area contributed by atoms with Crippen LogP contribution in [0, 0.1) is 0 Å². The van der Waals surface area contributed by atoms with E-state index in [4.69, 9.17) is 4.74 Å². The zero-order valence-corrected chi connectivity index (χ0v) is 14.3. The normalized spacial score (nSPS) is 15.4. The number of nitrogens with zero attached hydrogens (tertiary/aromatic N) is 1. The molecule has 3 rings (SSSR count). The van der Waals surface area contributed by atoms with Gasteiger partial charge in [-0.1, -0.05) is 12.1 Å². The maximum Gasteiger partial charge on any atom is 0.0701 e. The lowest BCUT2D eigenvalue weighted by Crippen LogP contribution is -2.36. The van der Waals surface area contributed by atoms with E-state index >= 15 is 0 Å². The van der Waals surface area contributed by atoms with Crippen molar-refractivity contribution in [2.45, 2.75) is 13.1 Å². The summed E-state index contributed by atoms with van der Waals surface area (Å²) >= 11 is 5.27. The highest BCUT2D eigenvalue weighted by atomic mass is 79.9. The first-order valence-electron chi connectivity index (χ1n) is 7.18. The second-order valence-corrected chi connectivity index (χ2v) is 7.62. The van der Waals surface area contributed by atoms with Gasteiger partial charge in [0.25, 0.3) is 0 Å². The SMILES string of the molecule is Brc1ccc(CNCc2ccc(N3CCOCC3)cc2)s1. The van der Waals surface area contributed by atoms with E-state index in [9.17, 15) is 0 Å². The Morgan fingerprint density at radius 2 is 1.81 bits per heavy atom. The van der Waals surface area contributed by atoms with Crippen LogP contribution in [-0.4, -0.2) is 26.3 Å². The first kappa shape index (κ1) is 15.0. The minimum absolute atomic E-state index is 0.833. The number of anilines is 1. The Bertz CT molecular complexity index is 564. The van der Waals surface area contributed by atoms with E-state index in [2.05, 4.69) is 62.5 Å². The summed E-state index contributed by atoms with van der Waals surface area (Å²) in [5.41, 5.74) is 2.62. The van der Waals surface area contributed by atoms with Crippen LogP contribution in [0.2, 0.25) is 0 Å². The van der Waals surface area contributed by atoms with Crippen LogP contribution < -0.4 is 10.2 Å². The summed E-state index contributed by atoms with van der Waals surface area (Å²) in [6.45, 7) is 5.47. The van der Waals surface area contributed by atoms with Gasteiger partial charge in [-0.15, -0.1) is 11.3 Å². The molecule has 0 unspecified atom stereocenters. The van der Waals surface area contributed by atoms with Gasteiger partial charge in [0.2, 0.25) is 0 Å². The summed E-state index contributed by atoms with van der Waals surface area (Å²) in [6.07, 6.45) is 0. The van der Waals surface area contributed by atoms with E-state index in [-0.39, 0.29) is 0 Å². The molecule has 112 valence electrons. The van der Waals surface area contributed by atoms with E-state index in [0.29, 0.717) is 0 Å². The van der Waals surface area contributed by atoms with Gasteiger partial charge in [0.15, 0.2) is 0 Å². The number of thiophene rings is 1. The van der Waals surface area contributed by atoms with Gasteiger partial charge in [0.05, 0.1) is 17.0 Å². The first-order valence-corrected chi connectivity index (χ1v) is 8.79. The average molecular weight is 367 g/mol. The Kier molecular flexibility index (Phi) is 5.30. The molecule has 0 radical (unpaired) electrons. The molecule has 1 aromatic carbocycles. The number of nitrogens with one attached hydrogen (secondary N) is 1. The lowest BCUT2D eigenvalue weighted by molar-refractivity contribution is 0.122. The molecule has 0 saturated carbocycles. The first-order chi connectivity index (χ1) is 10.3. The molecule has 2 aromatic rings. The standard InChI is InChI=1S/C16H19BrN2OS/c17-16-6-5-15(21-16)12-18-11-13-1-3-14(4-2-13)19-7-9-20-10-8-19/h1-6,18H,7-12H2. The van der Waals surface area contributed by atoms with Crippen molar-refractivity contribution in [1.29, 1.82) is 0 Å². The van der Waals surface area contributed by atoms with Crippen molar-refractivity contribution in [3.05, 3.63) is 50.6 Å². The number of hydrogen-bond acceptors (Lipinski definition) is 4. The van der Waals surface area contributed by atoms with Crippen molar-refractivity contribution < 1.29 is 4.74 Å². The summed E-state index contributed by atoms with van der Waals surface area (Å²) in [5, 5.41) is 3.49. The molecule has 0 atom stereocenters. The molecule has 0 bridgehead atoms. The predicted octanol–water partition coefficient (Wildman–Crippen LogP) is 3.64. The third-order valence-electron chi connectivity index (χ3n) is 3.57. The van der Waals surface area contributed by atoms with Gasteiger partial charge in [-0.2, -0.15) is 0 Å². The van der Waals surface area contributed by atoms with Gasteiger partial charge in [-0.3, -0.25) is 0 Å². The maximum atomic E-state index is 5.39. The Labute approximate surface area is 138 Å². The molecule has 5 heteroatoms. The fraction of sp³-hybridized carbons (Fsp3) is 0.375. The molecule has 2 heterocycles. The molecular formula is C16H19BrN2OS. The van der Waals surface area contributed by atoms with Crippen LogP contribution in [0.5, 0.6) is 0 Å². The van der Waals surface area contributed by atoms with E-state index < -0.39 is 0 Å². The highest BCUT2D eigenvalue weighted by Crippen LogP contribution is 2.22. The molecule has 21 heavy (non-hydrogen) atoms. The smallest absolute Gasteiger partial charge is 0.0701 e. The van der Waals surface area contributed by atoms with Crippen LogP contribution in [0.3, 0.4) is 0 Å². The highest BCUT2D eigenvalue weighted by Gasteiger charge is 2.10. The zero-order valence-electron chi connectivity index (χ0n) is 11.8. The Balaban J connectivity index is 1.49. The topological polar surface area (TPSA) is 24.5 Å². The van der Waals surface area contributed by atoms with Gasteiger partial charge < -0.3 is 15.0 Å². The van der Waals surface area contributed by atoms with Crippen LogP contribution in [0.25, 0.3) is 0 Å². The van der Waals surface area contributed by atoms with Gasteiger partial charge in [0, 0.05) is 36.7 Å². The van der Waals surface area contributed by atoms with Crippen LogP contribution in [0.15, 0.2) is 40.2 Å². The molecule has 1 aliphatic heterocycles. The Morgan fingerprint density at radius 3 is 2.48 bits per heavy atom. The van der Waals surface area contributed by atoms with Crippen LogP contribution in [0.1, 0.15) is 10.4 Å². The van der Waals surface area contributed by atoms with Crippen molar-refractivity contribution in [2.24, 2.45) is 0 Å². The van der Waals surface area contributed by atoms with E-state index in [1.807, 2.05) is 0 Å². The average Bonchev–Trinajstić information content (AvgIpc) is 2.94. The molecule has 1 aromatic heterocycles. The van der Waals surface area contributed by atoms with Gasteiger partial charge in [-0.25, -0.2) is 0 Å².